The zero-order valence-electron chi connectivity index (χ0n) is 13.9. The molecule has 5 heteroatoms. The molecule has 0 heterocycles. The van der Waals surface area contributed by atoms with Crippen LogP contribution < -0.4 is 4.31 Å². The Kier molecular flexibility index (Phi) is 5.09. The standard InChI is InChI=1S/C18H22FNO2S/c1-13(2)12-20(17-10-14(3)9-15(4)11-17)23(21,22)18-7-5-16(19)6-8-18/h5-11,13H,12H2,1-4H3. The summed E-state index contributed by atoms with van der Waals surface area (Å²) in [6.07, 6.45) is 0. The third-order valence-corrected chi connectivity index (χ3v) is 5.24. The maximum Gasteiger partial charge on any atom is 0.264 e. The number of rotatable bonds is 5. The van der Waals surface area contributed by atoms with Crippen molar-refractivity contribution in [2.75, 3.05) is 10.8 Å². The fraction of sp³-hybridized carbons (Fsp3) is 0.333. The molecule has 0 aliphatic heterocycles. The smallest absolute Gasteiger partial charge is 0.264 e. The van der Waals surface area contributed by atoms with Crippen molar-refractivity contribution in [3.8, 4) is 0 Å². The van der Waals surface area contributed by atoms with E-state index >= 15 is 0 Å². The van der Waals surface area contributed by atoms with Crippen molar-refractivity contribution in [2.45, 2.75) is 32.6 Å². The number of hydrogen-bond acceptors (Lipinski definition) is 2. The van der Waals surface area contributed by atoms with Crippen LogP contribution in [0.15, 0.2) is 47.4 Å². The highest BCUT2D eigenvalue weighted by Crippen LogP contribution is 2.27. The number of nitrogens with zero attached hydrogens (tertiary/aromatic N) is 1. The molecule has 2 rings (SSSR count). The Hall–Kier alpha value is -1.88. The second-order valence-electron chi connectivity index (χ2n) is 6.23. The van der Waals surface area contributed by atoms with E-state index < -0.39 is 15.8 Å². The molecule has 2 aromatic rings. The molecule has 0 atom stereocenters. The van der Waals surface area contributed by atoms with E-state index in [1.807, 2.05) is 45.9 Å². The lowest BCUT2D eigenvalue weighted by Gasteiger charge is -2.27. The van der Waals surface area contributed by atoms with Gasteiger partial charge < -0.3 is 0 Å². The van der Waals surface area contributed by atoms with Gasteiger partial charge in [0.2, 0.25) is 0 Å². The average Bonchev–Trinajstić information content (AvgIpc) is 2.43. The summed E-state index contributed by atoms with van der Waals surface area (Å²) in [6, 6.07) is 10.7. The summed E-state index contributed by atoms with van der Waals surface area (Å²) < 4.78 is 40.5. The van der Waals surface area contributed by atoms with Crippen molar-refractivity contribution >= 4 is 15.7 Å². The molecule has 0 aliphatic carbocycles. The van der Waals surface area contributed by atoms with Crippen LogP contribution in [0.1, 0.15) is 25.0 Å². The lowest BCUT2D eigenvalue weighted by molar-refractivity contribution is 0.577. The molecule has 0 radical (unpaired) electrons. The normalized spacial score (nSPS) is 11.7. The van der Waals surface area contributed by atoms with Crippen molar-refractivity contribution in [2.24, 2.45) is 5.92 Å². The van der Waals surface area contributed by atoms with Crippen LogP contribution in [0.25, 0.3) is 0 Å². The second-order valence-corrected chi connectivity index (χ2v) is 8.09. The maximum absolute atomic E-state index is 13.1. The van der Waals surface area contributed by atoms with Crippen molar-refractivity contribution in [3.63, 3.8) is 0 Å². The SMILES string of the molecule is Cc1cc(C)cc(N(CC(C)C)S(=O)(=O)c2ccc(F)cc2)c1. The summed E-state index contributed by atoms with van der Waals surface area (Å²) in [7, 11) is -3.73. The predicted molar refractivity (Wildman–Crippen MR) is 91.7 cm³/mol. The third kappa shape index (κ3) is 4.10. The van der Waals surface area contributed by atoms with Crippen LogP contribution in [-0.4, -0.2) is 15.0 Å². The zero-order chi connectivity index (χ0) is 17.2. The van der Waals surface area contributed by atoms with Crippen LogP contribution in [0.5, 0.6) is 0 Å². The summed E-state index contributed by atoms with van der Waals surface area (Å²) in [4.78, 5) is 0.0960. The van der Waals surface area contributed by atoms with Crippen molar-refractivity contribution in [1.82, 2.24) is 0 Å². The Bertz CT molecular complexity index is 763. The topological polar surface area (TPSA) is 37.4 Å². The Morgan fingerprint density at radius 1 is 1.00 bits per heavy atom. The Balaban J connectivity index is 2.55. The summed E-state index contributed by atoms with van der Waals surface area (Å²) in [6.45, 7) is 8.18. The lowest BCUT2D eigenvalue weighted by atomic mass is 10.1. The fourth-order valence-corrected chi connectivity index (χ4v) is 4.11. The molecule has 0 amide bonds. The molecule has 0 aromatic heterocycles. The van der Waals surface area contributed by atoms with Gasteiger partial charge in [-0.05, 0) is 67.3 Å². The van der Waals surface area contributed by atoms with Gasteiger partial charge in [0.05, 0.1) is 10.6 Å². The first-order valence-electron chi connectivity index (χ1n) is 7.57. The van der Waals surface area contributed by atoms with E-state index in [9.17, 15) is 12.8 Å². The molecule has 23 heavy (non-hydrogen) atoms. The summed E-state index contributed by atoms with van der Waals surface area (Å²) in [5.41, 5.74) is 2.65. The highest BCUT2D eigenvalue weighted by Gasteiger charge is 2.26. The van der Waals surface area contributed by atoms with Gasteiger partial charge in [0.25, 0.3) is 10.0 Å². The van der Waals surface area contributed by atoms with E-state index in [0.29, 0.717) is 12.2 Å². The van der Waals surface area contributed by atoms with E-state index in [-0.39, 0.29) is 10.8 Å². The summed E-state index contributed by atoms with van der Waals surface area (Å²) >= 11 is 0. The molecule has 0 spiro atoms. The first-order valence-corrected chi connectivity index (χ1v) is 9.01. The number of anilines is 1. The van der Waals surface area contributed by atoms with Gasteiger partial charge in [0.1, 0.15) is 5.82 Å². The molecule has 0 bridgehead atoms. The molecule has 0 unspecified atom stereocenters. The molecule has 0 fully saturated rings. The molecule has 0 saturated heterocycles. The van der Waals surface area contributed by atoms with E-state index in [1.54, 1.807) is 0 Å². The largest absolute Gasteiger partial charge is 0.266 e. The molecular weight excluding hydrogens is 313 g/mol. The predicted octanol–water partition coefficient (Wildman–Crippen LogP) is 4.29. The van der Waals surface area contributed by atoms with Gasteiger partial charge in [-0.2, -0.15) is 0 Å². The highest BCUT2D eigenvalue weighted by molar-refractivity contribution is 7.92. The van der Waals surface area contributed by atoms with E-state index in [1.165, 1.54) is 28.6 Å². The molecule has 0 aliphatic rings. The molecular formula is C18H22FNO2S. The van der Waals surface area contributed by atoms with Gasteiger partial charge in [-0.1, -0.05) is 19.9 Å². The van der Waals surface area contributed by atoms with Crippen LogP contribution in [0.4, 0.5) is 10.1 Å². The molecule has 124 valence electrons. The van der Waals surface area contributed by atoms with Crippen LogP contribution in [0, 0.1) is 25.6 Å². The van der Waals surface area contributed by atoms with Crippen molar-refractivity contribution < 1.29 is 12.8 Å². The molecule has 2 aromatic carbocycles. The third-order valence-electron chi connectivity index (χ3n) is 3.43. The van der Waals surface area contributed by atoms with E-state index in [2.05, 4.69) is 0 Å². The van der Waals surface area contributed by atoms with E-state index in [0.717, 1.165) is 11.1 Å². The van der Waals surface area contributed by atoms with Gasteiger partial charge in [-0.15, -0.1) is 0 Å². The lowest BCUT2D eigenvalue weighted by Crippen LogP contribution is -2.34. The van der Waals surface area contributed by atoms with Gasteiger partial charge in [0.15, 0.2) is 0 Å². The maximum atomic E-state index is 13.1. The quantitative estimate of drug-likeness (QED) is 0.817. The minimum Gasteiger partial charge on any atom is -0.266 e. The Labute approximate surface area is 137 Å². The minimum atomic E-state index is -3.73. The first kappa shape index (κ1) is 17.5. The zero-order valence-corrected chi connectivity index (χ0v) is 14.7. The van der Waals surface area contributed by atoms with Crippen LogP contribution in [-0.2, 0) is 10.0 Å². The number of halogens is 1. The molecule has 0 saturated carbocycles. The summed E-state index contributed by atoms with van der Waals surface area (Å²) in [5.74, 6) is -0.295. The Morgan fingerprint density at radius 3 is 2.00 bits per heavy atom. The monoisotopic (exact) mass is 335 g/mol. The van der Waals surface area contributed by atoms with Gasteiger partial charge in [-0.3, -0.25) is 4.31 Å². The van der Waals surface area contributed by atoms with Gasteiger partial charge in [-0.25, -0.2) is 12.8 Å². The minimum absolute atomic E-state index is 0.0960. The number of sulfonamides is 1. The number of hydrogen-bond donors (Lipinski definition) is 0. The number of benzene rings is 2. The number of aryl methyl sites for hydroxylation is 2. The highest BCUT2D eigenvalue weighted by atomic mass is 32.2. The van der Waals surface area contributed by atoms with Crippen molar-refractivity contribution in [1.29, 1.82) is 0 Å². The summed E-state index contributed by atoms with van der Waals surface area (Å²) in [5, 5.41) is 0. The average molecular weight is 335 g/mol. The van der Waals surface area contributed by atoms with Crippen molar-refractivity contribution in [3.05, 3.63) is 59.4 Å². The van der Waals surface area contributed by atoms with E-state index in [4.69, 9.17) is 0 Å². The van der Waals surface area contributed by atoms with Crippen LogP contribution in [0.3, 0.4) is 0 Å². The van der Waals surface area contributed by atoms with Gasteiger partial charge >= 0.3 is 0 Å². The second kappa shape index (κ2) is 6.71. The molecule has 0 N–H and O–H groups in total. The van der Waals surface area contributed by atoms with Gasteiger partial charge in [0, 0.05) is 6.54 Å². The Morgan fingerprint density at radius 2 is 1.52 bits per heavy atom. The van der Waals surface area contributed by atoms with Crippen LogP contribution >= 0.6 is 0 Å². The fourth-order valence-electron chi connectivity index (χ4n) is 2.50. The first-order chi connectivity index (χ1) is 10.7. The molecule has 3 nitrogen and oxygen atoms in total. The van der Waals surface area contributed by atoms with Crippen LogP contribution in [0.2, 0.25) is 0 Å².